The van der Waals surface area contributed by atoms with Crippen LogP contribution in [0.4, 0.5) is 0 Å². The van der Waals surface area contributed by atoms with E-state index in [9.17, 15) is 4.79 Å². The van der Waals surface area contributed by atoms with Crippen molar-refractivity contribution >= 4 is 23.2 Å². The van der Waals surface area contributed by atoms with Crippen molar-refractivity contribution in [2.45, 2.75) is 11.6 Å². The Morgan fingerprint density at radius 2 is 2.03 bits per heavy atom. The van der Waals surface area contributed by atoms with Gasteiger partial charge in [0.2, 0.25) is 5.91 Å². The molecule has 0 spiro atoms. The number of ether oxygens (including phenoxy) is 1. The summed E-state index contributed by atoms with van der Waals surface area (Å²) in [4.78, 5) is 14.6. The van der Waals surface area contributed by atoms with Crippen molar-refractivity contribution < 1.29 is 9.53 Å². The molecular formula is C22H22N4O2S. The smallest absolute Gasteiger partial charge is 0.233 e. The Bertz CT molecular complexity index is 1020. The van der Waals surface area contributed by atoms with Crippen molar-refractivity contribution in [1.29, 1.82) is 0 Å². The van der Waals surface area contributed by atoms with Gasteiger partial charge in [0.25, 0.3) is 0 Å². The van der Waals surface area contributed by atoms with Gasteiger partial charge in [-0.15, -0.1) is 10.2 Å². The lowest BCUT2D eigenvalue weighted by molar-refractivity contribution is -0.127. The van der Waals surface area contributed by atoms with E-state index >= 15 is 0 Å². The number of aromatic nitrogens is 3. The maximum atomic E-state index is 12.7. The molecule has 2 aromatic carbocycles. The zero-order valence-electron chi connectivity index (χ0n) is 16.2. The molecule has 3 aromatic rings. The van der Waals surface area contributed by atoms with Gasteiger partial charge in [0.05, 0.1) is 18.6 Å². The first kappa shape index (κ1) is 19.3. The third-order valence-corrected chi connectivity index (χ3v) is 5.81. The first-order chi connectivity index (χ1) is 14.2. The number of amides is 1. The molecule has 1 aliphatic rings. The summed E-state index contributed by atoms with van der Waals surface area (Å²) >= 11 is 1.40. The zero-order valence-corrected chi connectivity index (χ0v) is 17.0. The zero-order chi connectivity index (χ0) is 20.1. The Hall–Kier alpha value is -3.06. The lowest BCUT2D eigenvalue weighted by Gasteiger charge is -2.26. The Morgan fingerprint density at radius 1 is 1.17 bits per heavy atom. The molecule has 4 rings (SSSR count). The topological polar surface area (TPSA) is 60.2 Å². The van der Waals surface area contributed by atoms with E-state index in [-0.39, 0.29) is 5.91 Å². The molecule has 0 atom stereocenters. The Kier molecular flexibility index (Phi) is 5.95. The van der Waals surface area contributed by atoms with Crippen LogP contribution in [0.3, 0.4) is 0 Å². The molecule has 0 unspecified atom stereocenters. The lowest BCUT2D eigenvalue weighted by Crippen LogP contribution is -2.35. The third kappa shape index (κ3) is 4.51. The third-order valence-electron chi connectivity index (χ3n) is 4.88. The van der Waals surface area contributed by atoms with E-state index in [4.69, 9.17) is 4.74 Å². The van der Waals surface area contributed by atoms with Crippen molar-refractivity contribution in [2.24, 2.45) is 0 Å². The van der Waals surface area contributed by atoms with Crippen LogP contribution in [0.15, 0.2) is 72.2 Å². The van der Waals surface area contributed by atoms with E-state index < -0.39 is 0 Å². The highest BCUT2D eigenvalue weighted by Gasteiger charge is 2.19. The summed E-state index contributed by atoms with van der Waals surface area (Å²) in [6.45, 7) is 1.38. The molecule has 7 heteroatoms. The molecule has 1 aliphatic heterocycles. The highest BCUT2D eigenvalue weighted by molar-refractivity contribution is 7.99. The summed E-state index contributed by atoms with van der Waals surface area (Å²) in [5.41, 5.74) is 3.44. The number of benzene rings is 2. The van der Waals surface area contributed by atoms with Gasteiger partial charge >= 0.3 is 0 Å². The number of nitrogens with zero attached hydrogens (tertiary/aromatic N) is 4. The van der Waals surface area contributed by atoms with Gasteiger partial charge in [-0.3, -0.25) is 9.36 Å². The fourth-order valence-corrected chi connectivity index (χ4v) is 4.12. The molecule has 6 nitrogen and oxygen atoms in total. The molecule has 0 bridgehead atoms. The predicted molar refractivity (Wildman–Crippen MR) is 114 cm³/mol. The van der Waals surface area contributed by atoms with Crippen LogP contribution in [-0.4, -0.2) is 51.5 Å². The van der Waals surface area contributed by atoms with Crippen LogP contribution in [0, 0.1) is 0 Å². The monoisotopic (exact) mass is 406 g/mol. The fourth-order valence-electron chi connectivity index (χ4n) is 3.29. The highest BCUT2D eigenvalue weighted by atomic mass is 32.2. The number of hydrogen-bond donors (Lipinski definition) is 0. The normalized spacial score (nSPS) is 13.8. The van der Waals surface area contributed by atoms with Gasteiger partial charge in [-0.2, -0.15) is 0 Å². The molecule has 0 N–H and O–H groups in total. The minimum atomic E-state index is 0.110. The number of hydrogen-bond acceptors (Lipinski definition) is 5. The minimum Gasteiger partial charge on any atom is -0.497 e. The number of carbonyl (C=O) groups excluding carboxylic acids is 1. The number of rotatable bonds is 6. The molecule has 29 heavy (non-hydrogen) atoms. The average Bonchev–Trinajstić information content (AvgIpc) is 3.27. The maximum absolute atomic E-state index is 12.7. The maximum Gasteiger partial charge on any atom is 0.233 e. The van der Waals surface area contributed by atoms with Gasteiger partial charge in [0, 0.05) is 19.2 Å². The van der Waals surface area contributed by atoms with Crippen LogP contribution in [0.2, 0.25) is 0 Å². The van der Waals surface area contributed by atoms with Crippen LogP contribution < -0.4 is 4.74 Å². The van der Waals surface area contributed by atoms with Gasteiger partial charge < -0.3 is 9.64 Å². The van der Waals surface area contributed by atoms with E-state index in [0.717, 1.165) is 24.4 Å². The summed E-state index contributed by atoms with van der Waals surface area (Å²) in [5.74, 6) is 1.20. The standard InChI is InChI=1S/C22H22N4O2S/c1-28-20-9-5-8-19(14-20)26-16-23-24-22(26)29-15-21(27)25-12-10-18(11-13-25)17-6-3-2-4-7-17/h2-10,14,16H,11-13,15H2,1H3. The van der Waals surface area contributed by atoms with Gasteiger partial charge in [-0.1, -0.05) is 54.2 Å². The number of methoxy groups -OCH3 is 1. The Labute approximate surface area is 174 Å². The van der Waals surface area contributed by atoms with Crippen molar-refractivity contribution in [1.82, 2.24) is 19.7 Å². The molecule has 2 heterocycles. The van der Waals surface area contributed by atoms with Crippen LogP contribution in [0.25, 0.3) is 11.3 Å². The van der Waals surface area contributed by atoms with Gasteiger partial charge in [0.15, 0.2) is 5.16 Å². The SMILES string of the molecule is COc1cccc(-n2cnnc2SCC(=O)N2CC=C(c3ccccc3)CC2)c1. The molecular weight excluding hydrogens is 384 g/mol. The summed E-state index contributed by atoms with van der Waals surface area (Å²) in [6.07, 6.45) is 4.68. The Morgan fingerprint density at radius 3 is 2.79 bits per heavy atom. The molecule has 148 valence electrons. The Balaban J connectivity index is 1.38. The second-order valence-corrected chi connectivity index (χ2v) is 7.60. The minimum absolute atomic E-state index is 0.110. The lowest BCUT2D eigenvalue weighted by atomic mass is 10.00. The molecule has 0 radical (unpaired) electrons. The number of carbonyl (C=O) groups is 1. The number of thioether (sulfide) groups is 1. The molecule has 0 aliphatic carbocycles. The van der Waals surface area contributed by atoms with Gasteiger partial charge in [-0.25, -0.2) is 0 Å². The average molecular weight is 407 g/mol. The van der Waals surface area contributed by atoms with Crippen LogP contribution >= 0.6 is 11.8 Å². The summed E-state index contributed by atoms with van der Waals surface area (Å²) in [6, 6.07) is 18.0. The van der Waals surface area contributed by atoms with E-state index in [1.807, 2.05) is 51.9 Å². The highest BCUT2D eigenvalue weighted by Crippen LogP contribution is 2.25. The van der Waals surface area contributed by atoms with E-state index in [0.29, 0.717) is 17.5 Å². The van der Waals surface area contributed by atoms with Gasteiger partial charge in [-0.05, 0) is 29.7 Å². The molecule has 0 fully saturated rings. The quantitative estimate of drug-likeness (QED) is 0.585. The largest absolute Gasteiger partial charge is 0.497 e. The van der Waals surface area contributed by atoms with Crippen LogP contribution in [-0.2, 0) is 4.79 Å². The van der Waals surface area contributed by atoms with E-state index in [1.54, 1.807) is 13.4 Å². The van der Waals surface area contributed by atoms with Crippen molar-refractivity contribution in [2.75, 3.05) is 26.0 Å². The first-order valence-electron chi connectivity index (χ1n) is 9.44. The summed E-state index contributed by atoms with van der Waals surface area (Å²) < 4.78 is 7.15. The van der Waals surface area contributed by atoms with Crippen molar-refractivity contribution in [3.05, 3.63) is 72.6 Å². The predicted octanol–water partition coefficient (Wildman–Crippen LogP) is 3.68. The summed E-state index contributed by atoms with van der Waals surface area (Å²) in [5, 5.41) is 8.86. The molecule has 1 aromatic heterocycles. The van der Waals surface area contributed by atoms with Crippen LogP contribution in [0.5, 0.6) is 5.75 Å². The molecule has 1 amide bonds. The van der Waals surface area contributed by atoms with E-state index in [2.05, 4.69) is 28.4 Å². The van der Waals surface area contributed by atoms with Gasteiger partial charge in [0.1, 0.15) is 12.1 Å². The van der Waals surface area contributed by atoms with Crippen molar-refractivity contribution in [3.63, 3.8) is 0 Å². The van der Waals surface area contributed by atoms with Crippen molar-refractivity contribution in [3.8, 4) is 11.4 Å². The first-order valence-corrected chi connectivity index (χ1v) is 10.4. The second-order valence-electron chi connectivity index (χ2n) is 6.66. The van der Waals surface area contributed by atoms with E-state index in [1.165, 1.54) is 22.9 Å². The molecule has 0 saturated carbocycles. The fraction of sp³-hybridized carbons (Fsp3) is 0.227. The summed E-state index contributed by atoms with van der Waals surface area (Å²) in [7, 11) is 1.63. The molecule has 0 saturated heterocycles. The van der Waals surface area contributed by atoms with Crippen LogP contribution in [0.1, 0.15) is 12.0 Å². The second kappa shape index (κ2) is 8.96.